The lowest BCUT2D eigenvalue weighted by Gasteiger charge is -2.28. The first-order valence-electron chi connectivity index (χ1n) is 6.88. The van der Waals surface area contributed by atoms with Gasteiger partial charge in [0.25, 0.3) is 0 Å². The van der Waals surface area contributed by atoms with Crippen LogP contribution >= 0.6 is 9.24 Å². The predicted octanol–water partition coefficient (Wildman–Crippen LogP) is 1.31. The third-order valence-electron chi connectivity index (χ3n) is 3.43. The van der Waals surface area contributed by atoms with E-state index in [1.807, 2.05) is 5.82 Å². The SMILES string of the molecule is NC/C(=C\P)COc1cnc(N2CCC(N=O)CC2)nc1. The van der Waals surface area contributed by atoms with Gasteiger partial charge in [0.15, 0.2) is 5.75 Å². The minimum Gasteiger partial charge on any atom is -0.486 e. The van der Waals surface area contributed by atoms with E-state index in [-0.39, 0.29) is 6.04 Å². The summed E-state index contributed by atoms with van der Waals surface area (Å²) in [4.78, 5) is 21.2. The molecule has 1 atom stereocenters. The van der Waals surface area contributed by atoms with Crippen LogP contribution in [0.15, 0.2) is 29.0 Å². The summed E-state index contributed by atoms with van der Waals surface area (Å²) in [5, 5.41) is 3.09. The van der Waals surface area contributed by atoms with Crippen molar-refractivity contribution in [1.82, 2.24) is 9.97 Å². The van der Waals surface area contributed by atoms with E-state index >= 15 is 0 Å². The Hall–Kier alpha value is -1.59. The first kappa shape index (κ1) is 15.8. The Kier molecular flexibility index (Phi) is 6.02. The first-order valence-corrected chi connectivity index (χ1v) is 7.55. The summed E-state index contributed by atoms with van der Waals surface area (Å²) in [6.45, 7) is 2.40. The van der Waals surface area contributed by atoms with Crippen LogP contribution in [0.5, 0.6) is 5.75 Å². The third-order valence-corrected chi connectivity index (χ3v) is 3.90. The van der Waals surface area contributed by atoms with Gasteiger partial charge in [0, 0.05) is 19.6 Å². The van der Waals surface area contributed by atoms with Crippen molar-refractivity contribution in [1.29, 1.82) is 0 Å². The molecule has 2 heterocycles. The molecule has 0 spiro atoms. The van der Waals surface area contributed by atoms with Gasteiger partial charge in [-0.25, -0.2) is 9.97 Å². The molecule has 7 nitrogen and oxygen atoms in total. The van der Waals surface area contributed by atoms with E-state index in [1.54, 1.807) is 12.4 Å². The third kappa shape index (κ3) is 4.44. The van der Waals surface area contributed by atoms with Crippen LogP contribution in [0.3, 0.4) is 0 Å². The highest BCUT2D eigenvalue weighted by atomic mass is 31.0. The van der Waals surface area contributed by atoms with E-state index in [2.05, 4.69) is 29.3 Å². The standard InChI is InChI=1S/C13H20N5O2P/c14-5-10(9-21)8-20-12-6-15-13(16-7-12)18-3-1-11(17-19)2-4-18/h6-7,9,11H,1-5,8,14,21H2/b10-9+. The number of hydrogen-bond acceptors (Lipinski definition) is 7. The summed E-state index contributed by atoms with van der Waals surface area (Å²) in [6.07, 6.45) is 4.82. The van der Waals surface area contributed by atoms with Crippen molar-refractivity contribution in [3.05, 3.63) is 28.7 Å². The van der Waals surface area contributed by atoms with Gasteiger partial charge in [-0.05, 0) is 18.4 Å². The number of rotatable bonds is 6. The molecule has 0 aliphatic carbocycles. The monoisotopic (exact) mass is 309 g/mol. The first-order chi connectivity index (χ1) is 10.3. The zero-order valence-corrected chi connectivity index (χ0v) is 13.0. The average Bonchev–Trinajstić information content (AvgIpc) is 2.56. The van der Waals surface area contributed by atoms with E-state index in [0.29, 0.717) is 24.8 Å². The van der Waals surface area contributed by atoms with E-state index in [1.165, 1.54) is 0 Å². The fourth-order valence-electron chi connectivity index (χ4n) is 2.07. The Bertz CT molecular complexity index is 486. The number of nitrogens with two attached hydrogens (primary N) is 1. The Balaban J connectivity index is 1.89. The van der Waals surface area contributed by atoms with Gasteiger partial charge in [-0.3, -0.25) is 0 Å². The summed E-state index contributed by atoms with van der Waals surface area (Å²) >= 11 is 0. The molecule has 0 amide bonds. The molecule has 1 fully saturated rings. The smallest absolute Gasteiger partial charge is 0.225 e. The largest absolute Gasteiger partial charge is 0.486 e. The maximum atomic E-state index is 10.5. The van der Waals surface area contributed by atoms with Gasteiger partial charge in [0.05, 0.1) is 18.4 Å². The Morgan fingerprint density at radius 3 is 2.67 bits per heavy atom. The van der Waals surface area contributed by atoms with Crippen LogP contribution in [-0.4, -0.2) is 42.3 Å². The Morgan fingerprint density at radius 2 is 2.14 bits per heavy atom. The zero-order chi connectivity index (χ0) is 15.1. The van der Waals surface area contributed by atoms with Gasteiger partial charge < -0.3 is 15.4 Å². The van der Waals surface area contributed by atoms with Crippen molar-refractivity contribution in [2.45, 2.75) is 18.9 Å². The number of aromatic nitrogens is 2. The Morgan fingerprint density at radius 1 is 1.48 bits per heavy atom. The lowest BCUT2D eigenvalue weighted by Crippen LogP contribution is -2.36. The minimum absolute atomic E-state index is 0.0720. The lowest BCUT2D eigenvalue weighted by molar-refractivity contribution is 0.347. The van der Waals surface area contributed by atoms with E-state index in [4.69, 9.17) is 10.5 Å². The number of ether oxygens (including phenoxy) is 1. The molecular formula is C13H20N5O2P. The van der Waals surface area contributed by atoms with E-state index in [9.17, 15) is 4.91 Å². The van der Waals surface area contributed by atoms with Gasteiger partial charge in [-0.15, -0.1) is 9.24 Å². The van der Waals surface area contributed by atoms with Crippen molar-refractivity contribution >= 4 is 15.2 Å². The molecule has 1 unspecified atom stereocenters. The highest BCUT2D eigenvalue weighted by molar-refractivity contribution is 7.20. The van der Waals surface area contributed by atoms with Crippen LogP contribution in [0.1, 0.15) is 12.8 Å². The number of hydrogen-bond donors (Lipinski definition) is 1. The van der Waals surface area contributed by atoms with Crippen LogP contribution in [-0.2, 0) is 0 Å². The van der Waals surface area contributed by atoms with Gasteiger partial charge in [0.1, 0.15) is 6.61 Å². The maximum Gasteiger partial charge on any atom is 0.225 e. The number of anilines is 1. The Labute approximate surface area is 126 Å². The van der Waals surface area contributed by atoms with Crippen LogP contribution in [0.25, 0.3) is 0 Å². The quantitative estimate of drug-likeness (QED) is 0.629. The fourth-order valence-corrected chi connectivity index (χ4v) is 2.30. The molecule has 21 heavy (non-hydrogen) atoms. The summed E-state index contributed by atoms with van der Waals surface area (Å²) in [5.74, 6) is 3.13. The second kappa shape index (κ2) is 8.00. The molecular weight excluding hydrogens is 289 g/mol. The van der Waals surface area contributed by atoms with Crippen molar-refractivity contribution in [3.8, 4) is 5.75 Å². The van der Waals surface area contributed by atoms with Crippen molar-refractivity contribution in [3.63, 3.8) is 0 Å². The van der Waals surface area contributed by atoms with Gasteiger partial charge in [0.2, 0.25) is 5.95 Å². The van der Waals surface area contributed by atoms with E-state index < -0.39 is 0 Å². The molecule has 0 saturated carbocycles. The highest BCUT2D eigenvalue weighted by Gasteiger charge is 2.21. The van der Waals surface area contributed by atoms with Crippen LogP contribution < -0.4 is 15.4 Å². The molecule has 1 aliphatic rings. The molecule has 114 valence electrons. The second-order valence-electron chi connectivity index (χ2n) is 4.86. The second-order valence-corrected chi connectivity index (χ2v) is 5.19. The molecule has 1 aliphatic heterocycles. The van der Waals surface area contributed by atoms with E-state index in [0.717, 1.165) is 31.5 Å². The summed E-state index contributed by atoms with van der Waals surface area (Å²) in [5.41, 5.74) is 6.56. The molecule has 2 N–H and O–H groups in total. The highest BCUT2D eigenvalue weighted by Crippen LogP contribution is 2.19. The zero-order valence-electron chi connectivity index (χ0n) is 11.8. The molecule has 1 saturated heterocycles. The lowest BCUT2D eigenvalue weighted by atomic mass is 10.1. The number of piperidine rings is 1. The topological polar surface area (TPSA) is 93.7 Å². The van der Waals surface area contributed by atoms with Crippen molar-refractivity contribution in [2.75, 3.05) is 31.1 Å². The average molecular weight is 309 g/mol. The molecule has 8 heteroatoms. The molecule has 0 bridgehead atoms. The molecule has 1 aromatic rings. The number of nitrogens with zero attached hydrogens (tertiary/aromatic N) is 4. The van der Waals surface area contributed by atoms with Crippen molar-refractivity contribution in [2.24, 2.45) is 10.9 Å². The molecule has 0 radical (unpaired) electrons. The maximum absolute atomic E-state index is 10.5. The molecule has 0 aromatic carbocycles. The van der Waals surface area contributed by atoms with Crippen LogP contribution in [0.4, 0.5) is 5.95 Å². The fraction of sp³-hybridized carbons (Fsp3) is 0.538. The predicted molar refractivity (Wildman–Crippen MR) is 85.4 cm³/mol. The van der Waals surface area contributed by atoms with Crippen molar-refractivity contribution < 1.29 is 4.74 Å². The molecule has 2 rings (SSSR count). The summed E-state index contributed by atoms with van der Waals surface area (Å²) in [7, 11) is 2.51. The van der Waals surface area contributed by atoms with Crippen LogP contribution in [0.2, 0.25) is 0 Å². The summed E-state index contributed by atoms with van der Waals surface area (Å²) in [6, 6.07) is -0.0720. The van der Waals surface area contributed by atoms with Gasteiger partial charge in [-0.1, -0.05) is 11.0 Å². The van der Waals surface area contributed by atoms with Gasteiger partial charge in [-0.2, -0.15) is 4.91 Å². The summed E-state index contributed by atoms with van der Waals surface area (Å²) < 4.78 is 5.57. The van der Waals surface area contributed by atoms with Gasteiger partial charge >= 0.3 is 0 Å². The number of nitroso groups, excluding NO2 is 1. The molecule has 1 aromatic heterocycles. The van der Waals surface area contributed by atoms with Crippen LogP contribution in [0, 0.1) is 4.91 Å². The minimum atomic E-state index is -0.0720. The normalized spacial score (nSPS) is 16.9.